The highest BCUT2D eigenvalue weighted by molar-refractivity contribution is 9.10. The summed E-state index contributed by atoms with van der Waals surface area (Å²) in [5.41, 5.74) is 2.21. The van der Waals surface area contributed by atoms with Crippen molar-refractivity contribution in [3.8, 4) is 5.88 Å². The SMILES string of the molecule is CC(C)Oc1ncccc1CNCc1ccc(Cl)cc1Br. The minimum absolute atomic E-state index is 0.115. The Morgan fingerprint density at radius 2 is 2.00 bits per heavy atom. The Labute approximate surface area is 138 Å². The van der Waals surface area contributed by atoms with E-state index in [1.54, 1.807) is 6.20 Å². The van der Waals surface area contributed by atoms with E-state index in [1.165, 1.54) is 0 Å². The Morgan fingerprint density at radius 3 is 2.71 bits per heavy atom. The molecular weight excluding hydrogens is 352 g/mol. The lowest BCUT2D eigenvalue weighted by atomic mass is 10.2. The van der Waals surface area contributed by atoms with E-state index in [-0.39, 0.29) is 6.10 Å². The van der Waals surface area contributed by atoms with Gasteiger partial charge in [-0.05, 0) is 37.6 Å². The smallest absolute Gasteiger partial charge is 0.218 e. The monoisotopic (exact) mass is 368 g/mol. The molecule has 1 aromatic heterocycles. The van der Waals surface area contributed by atoms with Crippen LogP contribution in [-0.2, 0) is 13.1 Å². The molecule has 2 aromatic rings. The van der Waals surface area contributed by atoms with Gasteiger partial charge in [0, 0.05) is 34.3 Å². The zero-order chi connectivity index (χ0) is 15.2. The standard InChI is InChI=1S/C16H18BrClN2O/c1-11(2)21-16-13(4-3-7-20-16)10-19-9-12-5-6-14(18)8-15(12)17/h3-8,11,19H,9-10H2,1-2H3. The third kappa shape index (κ3) is 4.99. The Balaban J connectivity index is 1.97. The molecule has 1 heterocycles. The molecule has 0 unspecified atom stereocenters. The fourth-order valence-electron chi connectivity index (χ4n) is 1.88. The van der Waals surface area contributed by atoms with Crippen LogP contribution in [0.25, 0.3) is 0 Å². The van der Waals surface area contributed by atoms with Gasteiger partial charge in [-0.15, -0.1) is 0 Å². The van der Waals surface area contributed by atoms with Crippen molar-refractivity contribution in [1.29, 1.82) is 0 Å². The first-order chi connectivity index (χ1) is 10.1. The molecule has 0 aliphatic heterocycles. The quantitative estimate of drug-likeness (QED) is 0.809. The summed E-state index contributed by atoms with van der Waals surface area (Å²) < 4.78 is 6.72. The summed E-state index contributed by atoms with van der Waals surface area (Å²) in [5, 5.41) is 4.13. The highest BCUT2D eigenvalue weighted by Gasteiger charge is 2.07. The number of nitrogens with zero attached hydrogens (tertiary/aromatic N) is 1. The third-order valence-electron chi connectivity index (χ3n) is 2.84. The van der Waals surface area contributed by atoms with Crippen molar-refractivity contribution >= 4 is 27.5 Å². The van der Waals surface area contributed by atoms with Gasteiger partial charge in [-0.3, -0.25) is 0 Å². The number of pyridine rings is 1. The van der Waals surface area contributed by atoms with Gasteiger partial charge in [0.2, 0.25) is 5.88 Å². The van der Waals surface area contributed by atoms with E-state index in [0.29, 0.717) is 12.4 Å². The maximum absolute atomic E-state index is 5.94. The molecule has 1 N–H and O–H groups in total. The fraction of sp³-hybridized carbons (Fsp3) is 0.312. The predicted octanol–water partition coefficient (Wildman–Crippen LogP) is 4.57. The molecular formula is C16H18BrClN2O. The van der Waals surface area contributed by atoms with Crippen LogP contribution < -0.4 is 10.1 Å². The van der Waals surface area contributed by atoms with Crippen LogP contribution in [0, 0.1) is 0 Å². The number of hydrogen-bond acceptors (Lipinski definition) is 3. The van der Waals surface area contributed by atoms with E-state index in [1.807, 2.05) is 44.2 Å². The number of hydrogen-bond donors (Lipinski definition) is 1. The van der Waals surface area contributed by atoms with E-state index in [9.17, 15) is 0 Å². The molecule has 0 fully saturated rings. The molecule has 2 rings (SSSR count). The molecule has 0 saturated heterocycles. The molecule has 21 heavy (non-hydrogen) atoms. The average Bonchev–Trinajstić information content (AvgIpc) is 2.42. The largest absolute Gasteiger partial charge is 0.475 e. The maximum atomic E-state index is 5.94. The lowest BCUT2D eigenvalue weighted by molar-refractivity contribution is 0.229. The van der Waals surface area contributed by atoms with E-state index >= 15 is 0 Å². The summed E-state index contributed by atoms with van der Waals surface area (Å²) >= 11 is 9.46. The molecule has 112 valence electrons. The van der Waals surface area contributed by atoms with Crippen molar-refractivity contribution in [2.75, 3.05) is 0 Å². The molecule has 0 radical (unpaired) electrons. The number of halogens is 2. The highest BCUT2D eigenvalue weighted by Crippen LogP contribution is 2.22. The number of nitrogens with one attached hydrogen (secondary N) is 1. The summed E-state index contributed by atoms with van der Waals surface area (Å²) in [6.45, 7) is 5.44. The van der Waals surface area contributed by atoms with Gasteiger partial charge in [0.1, 0.15) is 0 Å². The van der Waals surface area contributed by atoms with Gasteiger partial charge >= 0.3 is 0 Å². The van der Waals surface area contributed by atoms with E-state index in [4.69, 9.17) is 16.3 Å². The third-order valence-corrected chi connectivity index (χ3v) is 3.82. The molecule has 0 spiro atoms. The van der Waals surface area contributed by atoms with Crippen LogP contribution in [0.4, 0.5) is 0 Å². The van der Waals surface area contributed by atoms with Crippen LogP contribution in [0.2, 0.25) is 5.02 Å². The summed E-state index contributed by atoms with van der Waals surface area (Å²) in [4.78, 5) is 4.28. The minimum Gasteiger partial charge on any atom is -0.475 e. The fourth-order valence-corrected chi connectivity index (χ4v) is 2.71. The molecule has 0 bridgehead atoms. The highest BCUT2D eigenvalue weighted by atomic mass is 79.9. The van der Waals surface area contributed by atoms with Crippen molar-refractivity contribution in [3.05, 3.63) is 57.2 Å². The Hall–Kier alpha value is -1.10. The molecule has 0 saturated carbocycles. The lowest BCUT2D eigenvalue weighted by Crippen LogP contribution is -2.16. The topological polar surface area (TPSA) is 34.1 Å². The molecule has 0 aliphatic rings. The van der Waals surface area contributed by atoms with E-state index in [2.05, 4.69) is 26.2 Å². The van der Waals surface area contributed by atoms with Gasteiger partial charge in [0.25, 0.3) is 0 Å². The van der Waals surface area contributed by atoms with Crippen LogP contribution in [0.1, 0.15) is 25.0 Å². The number of aromatic nitrogens is 1. The molecule has 0 amide bonds. The first-order valence-electron chi connectivity index (χ1n) is 6.81. The van der Waals surface area contributed by atoms with Crippen molar-refractivity contribution in [3.63, 3.8) is 0 Å². The molecule has 3 nitrogen and oxygen atoms in total. The Bertz CT molecular complexity index is 605. The average molecular weight is 370 g/mol. The zero-order valence-electron chi connectivity index (χ0n) is 12.1. The summed E-state index contributed by atoms with van der Waals surface area (Å²) in [6.07, 6.45) is 1.86. The molecule has 0 aliphatic carbocycles. The number of ether oxygens (including phenoxy) is 1. The zero-order valence-corrected chi connectivity index (χ0v) is 14.4. The molecule has 1 aromatic carbocycles. The van der Waals surface area contributed by atoms with E-state index < -0.39 is 0 Å². The maximum Gasteiger partial charge on any atom is 0.218 e. The van der Waals surface area contributed by atoms with Crippen LogP contribution in [0.5, 0.6) is 5.88 Å². The van der Waals surface area contributed by atoms with Gasteiger partial charge in [-0.2, -0.15) is 0 Å². The first-order valence-corrected chi connectivity index (χ1v) is 7.98. The Kier molecular flexibility index (Phi) is 6.03. The summed E-state index contributed by atoms with van der Waals surface area (Å²) in [7, 11) is 0. The second-order valence-electron chi connectivity index (χ2n) is 4.97. The van der Waals surface area contributed by atoms with Crippen molar-refractivity contribution in [2.45, 2.75) is 33.0 Å². The molecule has 0 atom stereocenters. The Morgan fingerprint density at radius 1 is 1.24 bits per heavy atom. The number of rotatable bonds is 6. The van der Waals surface area contributed by atoms with Crippen LogP contribution in [0.3, 0.4) is 0 Å². The lowest BCUT2D eigenvalue weighted by Gasteiger charge is -2.13. The van der Waals surface area contributed by atoms with Gasteiger partial charge < -0.3 is 10.1 Å². The van der Waals surface area contributed by atoms with Crippen molar-refractivity contribution in [2.24, 2.45) is 0 Å². The van der Waals surface area contributed by atoms with Gasteiger partial charge in [-0.25, -0.2) is 4.98 Å². The first kappa shape index (κ1) is 16.3. The van der Waals surface area contributed by atoms with Crippen LogP contribution in [0.15, 0.2) is 41.0 Å². The summed E-state index contributed by atoms with van der Waals surface area (Å²) in [6, 6.07) is 9.74. The second kappa shape index (κ2) is 7.78. The van der Waals surface area contributed by atoms with Gasteiger partial charge in [0.05, 0.1) is 6.10 Å². The van der Waals surface area contributed by atoms with Crippen LogP contribution in [-0.4, -0.2) is 11.1 Å². The normalized spacial score (nSPS) is 10.9. The van der Waals surface area contributed by atoms with Crippen molar-refractivity contribution in [1.82, 2.24) is 10.3 Å². The molecule has 5 heteroatoms. The summed E-state index contributed by atoms with van der Waals surface area (Å²) in [5.74, 6) is 0.690. The second-order valence-corrected chi connectivity index (χ2v) is 6.26. The van der Waals surface area contributed by atoms with Crippen LogP contribution >= 0.6 is 27.5 Å². The van der Waals surface area contributed by atoms with E-state index in [0.717, 1.165) is 27.2 Å². The predicted molar refractivity (Wildman–Crippen MR) is 89.7 cm³/mol. The number of benzene rings is 1. The van der Waals surface area contributed by atoms with Gasteiger partial charge in [0.15, 0.2) is 0 Å². The minimum atomic E-state index is 0.115. The van der Waals surface area contributed by atoms with Crippen molar-refractivity contribution < 1.29 is 4.74 Å². The van der Waals surface area contributed by atoms with Gasteiger partial charge in [-0.1, -0.05) is 39.7 Å².